The van der Waals surface area contributed by atoms with E-state index >= 15 is 0 Å². The van der Waals surface area contributed by atoms with Gasteiger partial charge in [0.2, 0.25) is 0 Å². The summed E-state index contributed by atoms with van der Waals surface area (Å²) in [5, 5.41) is 0. The summed E-state index contributed by atoms with van der Waals surface area (Å²) in [6.45, 7) is 7.81. The van der Waals surface area contributed by atoms with Gasteiger partial charge in [-0.05, 0) is 17.9 Å². The third kappa shape index (κ3) is 5.88. The summed E-state index contributed by atoms with van der Waals surface area (Å²) in [5.74, 6) is 0.757. The van der Waals surface area contributed by atoms with E-state index in [0.717, 1.165) is 12.5 Å². The van der Waals surface area contributed by atoms with Gasteiger partial charge < -0.3 is 4.98 Å². The first kappa shape index (κ1) is 16.4. The van der Waals surface area contributed by atoms with Gasteiger partial charge in [0.05, 0.1) is 0 Å². The molecule has 0 fully saturated rings. The molecule has 1 N–H and O–H groups in total. The van der Waals surface area contributed by atoms with Crippen LogP contribution < -0.4 is 0 Å². The van der Waals surface area contributed by atoms with Crippen LogP contribution in [0.25, 0.3) is 0 Å². The zero-order chi connectivity index (χ0) is 13.9. The fourth-order valence-corrected chi connectivity index (χ4v) is 3.12. The Bertz CT molecular complexity index is 286. The molecule has 0 radical (unpaired) electrons. The third-order valence-corrected chi connectivity index (χ3v) is 4.32. The molecule has 1 rings (SSSR count). The van der Waals surface area contributed by atoms with E-state index in [1.807, 2.05) is 0 Å². The largest absolute Gasteiger partial charge is 0.365 e. The SMILES string of the molecule is CCCCB(CCCC)C(CCCC)c1ccc[nH]1. The van der Waals surface area contributed by atoms with Crippen molar-refractivity contribution in [3.63, 3.8) is 0 Å². The van der Waals surface area contributed by atoms with Crippen molar-refractivity contribution in [1.82, 2.24) is 4.98 Å². The van der Waals surface area contributed by atoms with Crippen molar-refractivity contribution in [2.45, 2.75) is 84.2 Å². The molecule has 0 spiro atoms. The number of aromatic amines is 1. The van der Waals surface area contributed by atoms with E-state index in [-0.39, 0.29) is 0 Å². The Morgan fingerprint density at radius 1 is 1.00 bits per heavy atom. The molecular weight excluding hydrogens is 229 g/mol. The predicted molar refractivity (Wildman–Crippen MR) is 88.2 cm³/mol. The molecule has 0 aliphatic rings. The molecule has 1 unspecified atom stereocenters. The lowest BCUT2D eigenvalue weighted by atomic mass is 9.35. The van der Waals surface area contributed by atoms with Crippen LogP contribution in [-0.2, 0) is 0 Å². The van der Waals surface area contributed by atoms with Gasteiger partial charge in [-0.2, -0.15) is 0 Å². The highest BCUT2D eigenvalue weighted by Gasteiger charge is 2.25. The fourth-order valence-electron chi connectivity index (χ4n) is 3.12. The normalized spacial score (nSPS) is 12.6. The number of aromatic nitrogens is 1. The molecule has 0 bridgehead atoms. The van der Waals surface area contributed by atoms with E-state index < -0.39 is 0 Å². The highest BCUT2D eigenvalue weighted by Crippen LogP contribution is 2.30. The monoisotopic (exact) mass is 261 g/mol. The molecule has 0 amide bonds. The van der Waals surface area contributed by atoms with E-state index in [0.29, 0.717) is 0 Å². The molecule has 1 aromatic heterocycles. The van der Waals surface area contributed by atoms with Crippen molar-refractivity contribution in [1.29, 1.82) is 0 Å². The Morgan fingerprint density at radius 3 is 2.11 bits per heavy atom. The molecule has 1 atom stereocenters. The van der Waals surface area contributed by atoms with Gasteiger partial charge >= 0.3 is 0 Å². The lowest BCUT2D eigenvalue weighted by Crippen LogP contribution is -2.24. The summed E-state index contributed by atoms with van der Waals surface area (Å²) in [5.41, 5.74) is 1.48. The molecule has 2 heteroatoms. The molecule has 0 saturated heterocycles. The Kier molecular flexibility index (Phi) is 8.78. The summed E-state index contributed by atoms with van der Waals surface area (Å²) >= 11 is 0. The van der Waals surface area contributed by atoms with Crippen LogP contribution in [-0.4, -0.2) is 11.7 Å². The molecule has 0 aliphatic carbocycles. The number of nitrogens with one attached hydrogen (secondary N) is 1. The minimum absolute atomic E-state index is 0.757. The zero-order valence-electron chi connectivity index (χ0n) is 13.3. The van der Waals surface area contributed by atoms with Crippen molar-refractivity contribution in [3.8, 4) is 0 Å². The zero-order valence-corrected chi connectivity index (χ0v) is 13.3. The van der Waals surface area contributed by atoms with Crippen molar-refractivity contribution in [2.75, 3.05) is 0 Å². The molecule has 0 saturated carbocycles. The predicted octanol–water partition coefficient (Wildman–Crippen LogP) is 5.92. The van der Waals surface area contributed by atoms with Gasteiger partial charge in [0.15, 0.2) is 0 Å². The molecule has 108 valence electrons. The lowest BCUT2D eigenvalue weighted by molar-refractivity contribution is 0.669. The Labute approximate surface area is 120 Å². The molecule has 1 nitrogen and oxygen atoms in total. The van der Waals surface area contributed by atoms with Gasteiger partial charge in [-0.3, -0.25) is 0 Å². The first-order chi connectivity index (χ1) is 9.33. The standard InChI is InChI=1S/C17H32BN/c1-4-7-11-16(17-12-10-15-19-17)18(13-8-5-2)14-9-6-3/h10,12,15-16,19H,4-9,11,13-14H2,1-3H3. The highest BCUT2D eigenvalue weighted by molar-refractivity contribution is 6.60. The van der Waals surface area contributed by atoms with Gasteiger partial charge in [-0.25, -0.2) is 0 Å². The maximum absolute atomic E-state index is 3.48. The summed E-state index contributed by atoms with van der Waals surface area (Å²) in [7, 11) is 0. The van der Waals surface area contributed by atoms with Crippen LogP contribution in [0.3, 0.4) is 0 Å². The number of unbranched alkanes of at least 4 members (excludes halogenated alkanes) is 3. The van der Waals surface area contributed by atoms with Crippen LogP contribution in [0, 0.1) is 0 Å². The van der Waals surface area contributed by atoms with Crippen molar-refractivity contribution in [3.05, 3.63) is 24.0 Å². The second-order valence-electron chi connectivity index (χ2n) is 5.92. The van der Waals surface area contributed by atoms with E-state index in [1.54, 1.807) is 0 Å². The first-order valence-electron chi connectivity index (χ1n) is 8.46. The van der Waals surface area contributed by atoms with Crippen LogP contribution in [0.1, 0.15) is 77.2 Å². The van der Waals surface area contributed by atoms with Crippen LogP contribution >= 0.6 is 0 Å². The highest BCUT2D eigenvalue weighted by atomic mass is 14.7. The minimum atomic E-state index is 0.757. The summed E-state index contributed by atoms with van der Waals surface area (Å²) in [4.78, 5) is 3.48. The number of rotatable bonds is 11. The summed E-state index contributed by atoms with van der Waals surface area (Å²) in [6, 6.07) is 4.45. The number of hydrogen-bond donors (Lipinski definition) is 1. The molecule has 0 aliphatic heterocycles. The van der Waals surface area contributed by atoms with Gasteiger partial charge in [0.1, 0.15) is 6.71 Å². The van der Waals surface area contributed by atoms with Gasteiger partial charge in [-0.15, -0.1) is 0 Å². The first-order valence-corrected chi connectivity index (χ1v) is 8.46. The second kappa shape index (κ2) is 10.2. The van der Waals surface area contributed by atoms with E-state index in [1.165, 1.54) is 63.3 Å². The topological polar surface area (TPSA) is 15.8 Å². The fraction of sp³-hybridized carbons (Fsp3) is 0.765. The van der Waals surface area contributed by atoms with Crippen LogP contribution in [0.2, 0.25) is 12.6 Å². The van der Waals surface area contributed by atoms with Crippen LogP contribution in [0.15, 0.2) is 18.3 Å². The van der Waals surface area contributed by atoms with Crippen molar-refractivity contribution >= 4 is 6.71 Å². The number of H-pyrrole nitrogens is 1. The van der Waals surface area contributed by atoms with Crippen molar-refractivity contribution in [2.24, 2.45) is 0 Å². The van der Waals surface area contributed by atoms with Gasteiger partial charge in [0, 0.05) is 11.9 Å². The quantitative estimate of drug-likeness (QED) is 0.476. The molecule has 19 heavy (non-hydrogen) atoms. The van der Waals surface area contributed by atoms with E-state index in [2.05, 4.69) is 44.1 Å². The average molecular weight is 261 g/mol. The maximum Gasteiger partial charge on any atom is 0.150 e. The maximum atomic E-state index is 3.48. The Morgan fingerprint density at radius 2 is 1.63 bits per heavy atom. The third-order valence-electron chi connectivity index (χ3n) is 4.32. The summed E-state index contributed by atoms with van der Waals surface area (Å²) in [6.07, 6.45) is 14.4. The number of hydrogen-bond acceptors (Lipinski definition) is 0. The Balaban J connectivity index is 2.70. The van der Waals surface area contributed by atoms with Crippen LogP contribution in [0.4, 0.5) is 0 Å². The van der Waals surface area contributed by atoms with Gasteiger partial charge in [-0.1, -0.05) is 78.4 Å². The van der Waals surface area contributed by atoms with Crippen molar-refractivity contribution < 1.29 is 0 Å². The van der Waals surface area contributed by atoms with Gasteiger partial charge in [0.25, 0.3) is 0 Å². The van der Waals surface area contributed by atoms with E-state index in [9.17, 15) is 0 Å². The second-order valence-corrected chi connectivity index (χ2v) is 5.92. The molecule has 1 heterocycles. The van der Waals surface area contributed by atoms with Crippen LogP contribution in [0.5, 0.6) is 0 Å². The Hall–Kier alpha value is -0.655. The smallest absolute Gasteiger partial charge is 0.150 e. The molecule has 0 aromatic carbocycles. The summed E-state index contributed by atoms with van der Waals surface area (Å²) < 4.78 is 0. The minimum Gasteiger partial charge on any atom is -0.365 e. The van der Waals surface area contributed by atoms with E-state index in [4.69, 9.17) is 0 Å². The molecular formula is C17H32BN. The lowest BCUT2D eigenvalue weighted by Gasteiger charge is -2.24. The average Bonchev–Trinajstić information content (AvgIpc) is 2.95. The molecule has 1 aromatic rings.